The molecule has 1 saturated heterocycles. The van der Waals surface area contributed by atoms with Gasteiger partial charge in [0.2, 0.25) is 0 Å². The molecule has 0 unspecified atom stereocenters. The molecule has 0 aliphatic carbocycles. The van der Waals surface area contributed by atoms with Crippen LogP contribution in [0, 0.1) is 0 Å². The highest BCUT2D eigenvalue weighted by molar-refractivity contribution is 6.35. The summed E-state index contributed by atoms with van der Waals surface area (Å²) in [6.07, 6.45) is 2.19. The van der Waals surface area contributed by atoms with Crippen molar-refractivity contribution in [1.82, 2.24) is 19.4 Å². The number of halogens is 2. The average Bonchev–Trinajstić information content (AvgIpc) is 3.29. The second-order valence-corrected chi connectivity index (χ2v) is 10.8. The lowest BCUT2D eigenvalue weighted by Gasteiger charge is -2.33. The van der Waals surface area contributed by atoms with Crippen molar-refractivity contribution >= 4 is 34.2 Å². The molecule has 0 atom stereocenters. The van der Waals surface area contributed by atoms with Crippen LogP contribution in [0.15, 0.2) is 60.7 Å². The zero-order valence-electron chi connectivity index (χ0n) is 22.3. The fraction of sp³-hybridized carbons (Fsp3) is 0.387. The van der Waals surface area contributed by atoms with E-state index in [0.29, 0.717) is 16.7 Å². The molecule has 0 bridgehead atoms. The Hall–Kier alpha value is -2.57. The Kier molecular flexibility index (Phi) is 8.90. The number of nitrogens with zero attached hydrogens (tertiary/aromatic N) is 4. The van der Waals surface area contributed by atoms with Crippen molar-refractivity contribution in [2.24, 2.45) is 0 Å². The number of aryl methyl sites for hydroxylation is 1. The van der Waals surface area contributed by atoms with Crippen LogP contribution in [0.1, 0.15) is 26.7 Å². The fourth-order valence-corrected chi connectivity index (χ4v) is 5.66. The molecule has 0 spiro atoms. The van der Waals surface area contributed by atoms with Crippen LogP contribution in [0.25, 0.3) is 33.5 Å². The van der Waals surface area contributed by atoms with Gasteiger partial charge in [0.1, 0.15) is 18.2 Å². The highest BCUT2D eigenvalue weighted by atomic mass is 35.5. The van der Waals surface area contributed by atoms with Gasteiger partial charge in [0, 0.05) is 60.9 Å². The molecule has 1 aromatic heterocycles. The zero-order valence-corrected chi connectivity index (χ0v) is 23.8. The van der Waals surface area contributed by atoms with Gasteiger partial charge in [-0.05, 0) is 60.5 Å². The van der Waals surface area contributed by atoms with Crippen molar-refractivity contribution in [3.63, 3.8) is 0 Å². The summed E-state index contributed by atoms with van der Waals surface area (Å²) < 4.78 is 8.56. The molecule has 0 N–H and O–H groups in total. The molecule has 5 nitrogen and oxygen atoms in total. The SMILES string of the molecule is CCCCn1c(-c2cccc(-c3cc(Cl)cc(Cl)c3)c2)nc2ccc(OCCN3CCN(CC)CC3)cc21. The van der Waals surface area contributed by atoms with Crippen molar-refractivity contribution in [3.8, 4) is 28.3 Å². The lowest BCUT2D eigenvalue weighted by molar-refractivity contribution is 0.121. The number of fused-ring (bicyclic) bond motifs is 1. The first kappa shape index (κ1) is 27.0. The Morgan fingerprint density at radius 1 is 0.789 bits per heavy atom. The third kappa shape index (κ3) is 6.35. The van der Waals surface area contributed by atoms with Gasteiger partial charge in [0.05, 0.1) is 11.0 Å². The summed E-state index contributed by atoms with van der Waals surface area (Å²) in [4.78, 5) is 10.1. The second-order valence-electron chi connectivity index (χ2n) is 9.95. The molecule has 200 valence electrons. The Balaban J connectivity index is 1.38. The summed E-state index contributed by atoms with van der Waals surface area (Å²) in [5, 5.41) is 1.26. The first-order valence-electron chi connectivity index (χ1n) is 13.7. The molecule has 0 amide bonds. The number of ether oxygens (including phenoxy) is 1. The predicted molar refractivity (Wildman–Crippen MR) is 160 cm³/mol. The largest absolute Gasteiger partial charge is 0.492 e. The van der Waals surface area contributed by atoms with E-state index in [0.717, 1.165) is 98.0 Å². The lowest BCUT2D eigenvalue weighted by Crippen LogP contribution is -2.47. The summed E-state index contributed by atoms with van der Waals surface area (Å²) in [6, 6.07) is 20.4. The molecule has 1 aliphatic rings. The van der Waals surface area contributed by atoms with Crippen LogP contribution in [-0.2, 0) is 6.54 Å². The fourth-order valence-electron chi connectivity index (χ4n) is 5.14. The van der Waals surface area contributed by atoms with Gasteiger partial charge < -0.3 is 14.2 Å². The lowest BCUT2D eigenvalue weighted by atomic mass is 10.0. The second kappa shape index (κ2) is 12.5. The first-order chi connectivity index (χ1) is 18.5. The van der Waals surface area contributed by atoms with E-state index in [2.05, 4.69) is 64.6 Å². The molecule has 38 heavy (non-hydrogen) atoms. The topological polar surface area (TPSA) is 33.5 Å². The molecule has 0 radical (unpaired) electrons. The number of imidazole rings is 1. The minimum Gasteiger partial charge on any atom is -0.492 e. The average molecular weight is 552 g/mol. The maximum Gasteiger partial charge on any atom is 0.141 e. The number of piperazine rings is 1. The van der Waals surface area contributed by atoms with E-state index in [1.54, 1.807) is 6.07 Å². The van der Waals surface area contributed by atoms with E-state index in [9.17, 15) is 0 Å². The molecule has 4 aromatic rings. The maximum absolute atomic E-state index is 6.28. The zero-order chi connectivity index (χ0) is 26.5. The van der Waals surface area contributed by atoms with E-state index in [-0.39, 0.29) is 0 Å². The molecule has 0 saturated carbocycles. The van der Waals surface area contributed by atoms with Crippen LogP contribution in [0.3, 0.4) is 0 Å². The number of aromatic nitrogens is 2. The van der Waals surface area contributed by atoms with Crippen LogP contribution in [0.5, 0.6) is 5.75 Å². The van der Waals surface area contributed by atoms with Gasteiger partial charge >= 0.3 is 0 Å². The van der Waals surface area contributed by atoms with E-state index >= 15 is 0 Å². The minimum atomic E-state index is 0.629. The molecular formula is C31H36Cl2N4O. The molecule has 1 aliphatic heterocycles. The van der Waals surface area contributed by atoms with E-state index in [1.807, 2.05) is 18.2 Å². The van der Waals surface area contributed by atoms with Gasteiger partial charge in [-0.25, -0.2) is 4.98 Å². The van der Waals surface area contributed by atoms with Gasteiger partial charge in [-0.2, -0.15) is 0 Å². The Morgan fingerprint density at radius 3 is 2.26 bits per heavy atom. The van der Waals surface area contributed by atoms with Crippen LogP contribution in [-0.4, -0.2) is 65.2 Å². The van der Waals surface area contributed by atoms with Crippen molar-refractivity contribution in [2.75, 3.05) is 45.9 Å². The van der Waals surface area contributed by atoms with Crippen LogP contribution < -0.4 is 4.74 Å². The normalized spacial score (nSPS) is 14.8. The van der Waals surface area contributed by atoms with Crippen LogP contribution in [0.4, 0.5) is 0 Å². The quantitative estimate of drug-likeness (QED) is 0.205. The Morgan fingerprint density at radius 2 is 1.53 bits per heavy atom. The number of unbranched alkanes of at least 4 members (excludes halogenated alkanes) is 1. The molecule has 2 heterocycles. The van der Waals surface area contributed by atoms with Gasteiger partial charge in [-0.3, -0.25) is 4.90 Å². The van der Waals surface area contributed by atoms with E-state index < -0.39 is 0 Å². The number of benzene rings is 3. The standard InChI is InChI=1S/C31H36Cl2N4O/c1-3-5-11-37-30-22-28(38-17-16-36-14-12-35(4-2)13-15-36)9-10-29(30)34-31(37)24-8-6-7-23(18-24)25-19-26(32)21-27(33)20-25/h6-10,18-22H,3-5,11-17H2,1-2H3. The third-order valence-corrected chi connectivity index (χ3v) is 7.80. The number of hydrogen-bond acceptors (Lipinski definition) is 4. The summed E-state index contributed by atoms with van der Waals surface area (Å²) in [7, 11) is 0. The van der Waals surface area contributed by atoms with Crippen molar-refractivity contribution in [3.05, 3.63) is 70.7 Å². The van der Waals surface area contributed by atoms with E-state index in [1.165, 1.54) is 0 Å². The number of hydrogen-bond donors (Lipinski definition) is 0. The number of rotatable bonds is 10. The minimum absolute atomic E-state index is 0.629. The predicted octanol–water partition coefficient (Wildman–Crippen LogP) is 7.49. The Labute approximate surface area is 235 Å². The van der Waals surface area contributed by atoms with Crippen LogP contribution >= 0.6 is 23.2 Å². The highest BCUT2D eigenvalue weighted by Crippen LogP contribution is 2.32. The maximum atomic E-state index is 6.28. The summed E-state index contributed by atoms with van der Waals surface area (Å²) >= 11 is 12.6. The van der Waals surface area contributed by atoms with Crippen molar-refractivity contribution in [2.45, 2.75) is 33.2 Å². The van der Waals surface area contributed by atoms with Gasteiger partial charge in [0.25, 0.3) is 0 Å². The van der Waals surface area contributed by atoms with E-state index in [4.69, 9.17) is 32.9 Å². The Bertz CT molecular complexity index is 1360. The van der Waals surface area contributed by atoms with Gasteiger partial charge in [0.15, 0.2) is 0 Å². The molecule has 1 fully saturated rings. The number of likely N-dealkylation sites (N-methyl/N-ethyl adjacent to an activating group) is 1. The summed E-state index contributed by atoms with van der Waals surface area (Å²) in [6.45, 7) is 12.7. The molecule has 7 heteroatoms. The smallest absolute Gasteiger partial charge is 0.141 e. The van der Waals surface area contributed by atoms with Gasteiger partial charge in [-0.15, -0.1) is 0 Å². The van der Waals surface area contributed by atoms with Crippen molar-refractivity contribution in [1.29, 1.82) is 0 Å². The summed E-state index contributed by atoms with van der Waals surface area (Å²) in [5.74, 6) is 1.87. The van der Waals surface area contributed by atoms with Gasteiger partial charge in [-0.1, -0.05) is 61.7 Å². The third-order valence-electron chi connectivity index (χ3n) is 7.36. The first-order valence-corrected chi connectivity index (χ1v) is 14.4. The molecule has 5 rings (SSSR count). The molecular weight excluding hydrogens is 515 g/mol. The summed E-state index contributed by atoms with van der Waals surface area (Å²) in [5.41, 5.74) is 5.21. The monoisotopic (exact) mass is 550 g/mol. The molecule has 3 aromatic carbocycles. The van der Waals surface area contributed by atoms with Crippen LogP contribution in [0.2, 0.25) is 10.0 Å². The highest BCUT2D eigenvalue weighted by Gasteiger charge is 2.17. The van der Waals surface area contributed by atoms with Crippen molar-refractivity contribution < 1.29 is 4.74 Å².